The van der Waals surface area contributed by atoms with Crippen LogP contribution in [0.2, 0.25) is 0 Å². The second-order valence-electron chi connectivity index (χ2n) is 4.19. The van der Waals surface area contributed by atoms with Gasteiger partial charge in [-0.1, -0.05) is 0 Å². The van der Waals surface area contributed by atoms with Crippen LogP contribution in [0.25, 0.3) is 0 Å². The summed E-state index contributed by atoms with van der Waals surface area (Å²) in [6, 6.07) is 3.65. The van der Waals surface area contributed by atoms with Crippen LogP contribution in [0.4, 0.5) is 0 Å². The standard InChI is InChI=1S/C13H17NO5/c1-16-10-4-8(3-9(6-14)13(15)17-2)5-11-12(10)19-7-18-11/h4-5,9H,3,6-7,14H2,1-2H3. The number of carbonyl (C=O) groups excluding carboxylic acids is 1. The number of carbonyl (C=O) groups is 1. The van der Waals surface area contributed by atoms with Gasteiger partial charge in [-0.2, -0.15) is 0 Å². The van der Waals surface area contributed by atoms with E-state index in [9.17, 15) is 4.79 Å². The summed E-state index contributed by atoms with van der Waals surface area (Å²) in [5.74, 6) is 1.10. The van der Waals surface area contributed by atoms with E-state index in [4.69, 9.17) is 24.7 Å². The van der Waals surface area contributed by atoms with Crippen molar-refractivity contribution in [1.29, 1.82) is 0 Å². The first-order valence-corrected chi connectivity index (χ1v) is 5.94. The number of benzene rings is 1. The van der Waals surface area contributed by atoms with Crippen LogP contribution in [-0.4, -0.2) is 33.5 Å². The zero-order valence-electron chi connectivity index (χ0n) is 11.0. The summed E-state index contributed by atoms with van der Waals surface area (Å²) in [4.78, 5) is 11.5. The van der Waals surface area contributed by atoms with Gasteiger partial charge in [0, 0.05) is 6.54 Å². The molecule has 1 unspecified atom stereocenters. The number of ether oxygens (including phenoxy) is 4. The fraction of sp³-hybridized carbons (Fsp3) is 0.462. The van der Waals surface area contributed by atoms with Gasteiger partial charge in [0.1, 0.15) is 0 Å². The zero-order valence-corrected chi connectivity index (χ0v) is 11.0. The SMILES string of the molecule is COC(=O)C(CN)Cc1cc(OC)c2c(c1)OCO2. The molecule has 6 nitrogen and oxygen atoms in total. The molecule has 0 aliphatic carbocycles. The van der Waals surface area contributed by atoms with Gasteiger partial charge in [0.2, 0.25) is 12.5 Å². The third kappa shape index (κ3) is 2.73. The average Bonchev–Trinajstić information content (AvgIpc) is 2.91. The van der Waals surface area contributed by atoms with Gasteiger partial charge in [-0.3, -0.25) is 4.79 Å². The summed E-state index contributed by atoms with van der Waals surface area (Å²) in [5.41, 5.74) is 6.48. The van der Waals surface area contributed by atoms with E-state index in [1.165, 1.54) is 7.11 Å². The summed E-state index contributed by atoms with van der Waals surface area (Å²) in [6.45, 7) is 0.399. The quantitative estimate of drug-likeness (QED) is 0.792. The van der Waals surface area contributed by atoms with Gasteiger partial charge in [0.05, 0.1) is 20.1 Å². The molecule has 1 aliphatic heterocycles. The van der Waals surface area contributed by atoms with E-state index in [0.717, 1.165) is 5.56 Å². The Morgan fingerprint density at radius 2 is 2.21 bits per heavy atom. The first-order chi connectivity index (χ1) is 9.19. The first-order valence-electron chi connectivity index (χ1n) is 5.94. The number of hydrogen-bond donors (Lipinski definition) is 1. The van der Waals surface area contributed by atoms with Crippen molar-refractivity contribution in [1.82, 2.24) is 0 Å². The third-order valence-electron chi connectivity index (χ3n) is 3.02. The molecule has 0 amide bonds. The smallest absolute Gasteiger partial charge is 0.310 e. The number of rotatable bonds is 5. The molecule has 104 valence electrons. The number of nitrogens with two attached hydrogens (primary N) is 1. The Kier molecular flexibility index (Phi) is 4.11. The average molecular weight is 267 g/mol. The fourth-order valence-electron chi connectivity index (χ4n) is 2.02. The minimum Gasteiger partial charge on any atom is -0.493 e. The van der Waals surface area contributed by atoms with Crippen molar-refractivity contribution in [2.45, 2.75) is 6.42 Å². The normalized spacial score (nSPS) is 14.1. The molecule has 1 aromatic carbocycles. The number of fused-ring (bicyclic) bond motifs is 1. The Balaban J connectivity index is 2.23. The Labute approximate surface area is 111 Å². The van der Waals surface area contributed by atoms with Gasteiger partial charge in [-0.25, -0.2) is 0 Å². The molecule has 0 bridgehead atoms. The molecule has 1 aliphatic rings. The molecular weight excluding hydrogens is 250 g/mol. The Morgan fingerprint density at radius 3 is 2.84 bits per heavy atom. The molecule has 6 heteroatoms. The van der Waals surface area contributed by atoms with Gasteiger partial charge in [-0.15, -0.1) is 0 Å². The third-order valence-corrected chi connectivity index (χ3v) is 3.02. The summed E-state index contributed by atoms with van der Waals surface area (Å²) < 4.78 is 20.6. The molecular formula is C13H17NO5. The predicted octanol–water partition coefficient (Wildman–Crippen LogP) is 0.714. The van der Waals surface area contributed by atoms with E-state index < -0.39 is 0 Å². The molecule has 0 radical (unpaired) electrons. The molecule has 0 spiro atoms. The molecule has 19 heavy (non-hydrogen) atoms. The molecule has 0 fully saturated rings. The van der Waals surface area contributed by atoms with Crippen LogP contribution in [0.15, 0.2) is 12.1 Å². The number of hydrogen-bond acceptors (Lipinski definition) is 6. The highest BCUT2D eigenvalue weighted by atomic mass is 16.7. The first kappa shape index (κ1) is 13.5. The summed E-state index contributed by atoms with van der Waals surface area (Å²) >= 11 is 0. The topological polar surface area (TPSA) is 80.0 Å². The monoisotopic (exact) mass is 267 g/mol. The maximum atomic E-state index is 11.5. The number of esters is 1. The van der Waals surface area contributed by atoms with Crippen molar-refractivity contribution in [3.63, 3.8) is 0 Å². The molecule has 1 atom stereocenters. The lowest BCUT2D eigenvalue weighted by Crippen LogP contribution is -2.26. The summed E-state index contributed by atoms with van der Waals surface area (Å²) in [6.07, 6.45) is 0.468. The van der Waals surface area contributed by atoms with Crippen molar-refractivity contribution in [2.75, 3.05) is 27.6 Å². The van der Waals surface area contributed by atoms with Crippen molar-refractivity contribution in [3.05, 3.63) is 17.7 Å². The second-order valence-corrected chi connectivity index (χ2v) is 4.19. The molecule has 1 aromatic rings. The Bertz CT molecular complexity index is 474. The van der Waals surface area contributed by atoms with E-state index in [-0.39, 0.29) is 25.2 Å². The lowest BCUT2D eigenvalue weighted by molar-refractivity contribution is -0.145. The van der Waals surface area contributed by atoms with Crippen molar-refractivity contribution in [2.24, 2.45) is 11.7 Å². The van der Waals surface area contributed by atoms with E-state index in [1.54, 1.807) is 7.11 Å². The van der Waals surface area contributed by atoms with Gasteiger partial charge < -0.3 is 24.7 Å². The van der Waals surface area contributed by atoms with Crippen molar-refractivity contribution < 1.29 is 23.7 Å². The highest BCUT2D eigenvalue weighted by Gasteiger charge is 2.23. The molecule has 2 rings (SSSR count). The fourth-order valence-corrected chi connectivity index (χ4v) is 2.02. The zero-order chi connectivity index (χ0) is 13.8. The Hall–Kier alpha value is -1.95. The largest absolute Gasteiger partial charge is 0.493 e. The Morgan fingerprint density at radius 1 is 1.42 bits per heavy atom. The molecule has 2 N–H and O–H groups in total. The maximum absolute atomic E-state index is 11.5. The molecule has 1 heterocycles. The summed E-state index contributed by atoms with van der Waals surface area (Å²) in [7, 11) is 2.91. The van der Waals surface area contributed by atoms with Crippen LogP contribution in [0.3, 0.4) is 0 Å². The second kappa shape index (κ2) is 5.79. The highest BCUT2D eigenvalue weighted by molar-refractivity contribution is 5.73. The van der Waals surface area contributed by atoms with Crippen LogP contribution in [0, 0.1) is 5.92 Å². The minimum absolute atomic E-state index is 0.173. The van der Waals surface area contributed by atoms with Gasteiger partial charge in [0.15, 0.2) is 11.5 Å². The van der Waals surface area contributed by atoms with E-state index >= 15 is 0 Å². The lowest BCUT2D eigenvalue weighted by Gasteiger charge is -2.13. The van der Waals surface area contributed by atoms with Crippen LogP contribution in [0.1, 0.15) is 5.56 Å². The predicted molar refractivity (Wildman–Crippen MR) is 67.4 cm³/mol. The van der Waals surface area contributed by atoms with E-state index in [0.29, 0.717) is 23.7 Å². The number of methoxy groups -OCH3 is 2. The summed E-state index contributed by atoms with van der Waals surface area (Å²) in [5, 5.41) is 0. The van der Waals surface area contributed by atoms with Crippen molar-refractivity contribution >= 4 is 5.97 Å². The van der Waals surface area contributed by atoms with E-state index in [2.05, 4.69) is 0 Å². The van der Waals surface area contributed by atoms with Crippen LogP contribution < -0.4 is 19.9 Å². The van der Waals surface area contributed by atoms with Crippen molar-refractivity contribution in [3.8, 4) is 17.2 Å². The van der Waals surface area contributed by atoms with Gasteiger partial charge in [0.25, 0.3) is 0 Å². The lowest BCUT2D eigenvalue weighted by atomic mass is 9.99. The molecule has 0 saturated heterocycles. The van der Waals surface area contributed by atoms with Gasteiger partial charge >= 0.3 is 5.97 Å². The van der Waals surface area contributed by atoms with Crippen LogP contribution >= 0.6 is 0 Å². The highest BCUT2D eigenvalue weighted by Crippen LogP contribution is 2.42. The van der Waals surface area contributed by atoms with Crippen LogP contribution in [-0.2, 0) is 16.0 Å². The molecule has 0 aromatic heterocycles. The minimum atomic E-state index is -0.380. The van der Waals surface area contributed by atoms with Gasteiger partial charge in [-0.05, 0) is 24.1 Å². The van der Waals surface area contributed by atoms with Crippen LogP contribution in [0.5, 0.6) is 17.2 Å². The molecule has 0 saturated carbocycles. The maximum Gasteiger partial charge on any atom is 0.310 e. The van der Waals surface area contributed by atoms with E-state index in [1.807, 2.05) is 12.1 Å².